The van der Waals surface area contributed by atoms with Crippen LogP contribution in [0.5, 0.6) is 5.75 Å². The number of likely N-dealkylation sites (tertiary alicyclic amines) is 1. The SMILES string of the molecule is NC1CCN(C(=O)c2ccc3cncc(-c4ccc(O)cc4)c3c2)CC1. The summed E-state index contributed by atoms with van der Waals surface area (Å²) in [5, 5.41) is 11.5. The molecule has 26 heavy (non-hydrogen) atoms. The number of rotatable bonds is 2. The van der Waals surface area contributed by atoms with Gasteiger partial charge in [0, 0.05) is 48.0 Å². The summed E-state index contributed by atoms with van der Waals surface area (Å²) < 4.78 is 0. The first kappa shape index (κ1) is 16.5. The number of hydrogen-bond donors (Lipinski definition) is 2. The van der Waals surface area contributed by atoms with Gasteiger partial charge in [0.2, 0.25) is 0 Å². The first-order valence-corrected chi connectivity index (χ1v) is 8.84. The van der Waals surface area contributed by atoms with E-state index in [9.17, 15) is 9.90 Å². The zero-order valence-corrected chi connectivity index (χ0v) is 14.4. The lowest BCUT2D eigenvalue weighted by molar-refractivity contribution is 0.0715. The van der Waals surface area contributed by atoms with Crippen molar-refractivity contribution in [3.63, 3.8) is 0 Å². The van der Waals surface area contributed by atoms with Crippen LogP contribution in [0.25, 0.3) is 21.9 Å². The van der Waals surface area contributed by atoms with Gasteiger partial charge in [0.25, 0.3) is 5.91 Å². The lowest BCUT2D eigenvalue weighted by Crippen LogP contribution is -2.42. The number of piperidine rings is 1. The fourth-order valence-electron chi connectivity index (χ4n) is 3.45. The Hall–Kier alpha value is -2.92. The number of amides is 1. The van der Waals surface area contributed by atoms with Crippen molar-refractivity contribution in [2.24, 2.45) is 5.73 Å². The summed E-state index contributed by atoms with van der Waals surface area (Å²) in [5.74, 6) is 0.272. The first-order chi connectivity index (χ1) is 12.6. The van der Waals surface area contributed by atoms with Crippen molar-refractivity contribution in [2.45, 2.75) is 18.9 Å². The van der Waals surface area contributed by atoms with E-state index in [1.165, 1.54) is 0 Å². The Morgan fingerprint density at radius 2 is 1.81 bits per heavy atom. The maximum atomic E-state index is 12.9. The smallest absolute Gasteiger partial charge is 0.253 e. The van der Waals surface area contributed by atoms with Crippen LogP contribution >= 0.6 is 0 Å². The molecule has 0 radical (unpaired) electrons. The second kappa shape index (κ2) is 6.77. The largest absolute Gasteiger partial charge is 0.508 e. The minimum absolute atomic E-state index is 0.0484. The molecule has 0 bridgehead atoms. The molecule has 5 nitrogen and oxygen atoms in total. The molecule has 2 aromatic carbocycles. The van der Waals surface area contributed by atoms with Crippen LogP contribution in [-0.4, -0.2) is 40.0 Å². The number of carbonyl (C=O) groups excluding carboxylic acids is 1. The monoisotopic (exact) mass is 347 g/mol. The zero-order valence-electron chi connectivity index (χ0n) is 14.4. The van der Waals surface area contributed by atoms with E-state index in [2.05, 4.69) is 4.98 Å². The Morgan fingerprint density at radius 3 is 2.54 bits per heavy atom. The van der Waals surface area contributed by atoms with Crippen LogP contribution in [0.15, 0.2) is 54.9 Å². The van der Waals surface area contributed by atoms with Crippen LogP contribution in [0, 0.1) is 0 Å². The molecule has 1 fully saturated rings. The Bertz CT molecular complexity index is 945. The van der Waals surface area contributed by atoms with Gasteiger partial charge in [-0.3, -0.25) is 9.78 Å². The van der Waals surface area contributed by atoms with Crippen LogP contribution in [0.1, 0.15) is 23.2 Å². The predicted molar refractivity (Wildman–Crippen MR) is 102 cm³/mol. The molecular formula is C21H21N3O2. The van der Waals surface area contributed by atoms with Crippen molar-refractivity contribution in [1.82, 2.24) is 9.88 Å². The number of benzene rings is 2. The van der Waals surface area contributed by atoms with Gasteiger partial charge in [-0.15, -0.1) is 0 Å². The van der Waals surface area contributed by atoms with Gasteiger partial charge in [0.05, 0.1) is 0 Å². The lowest BCUT2D eigenvalue weighted by Gasteiger charge is -2.30. The topological polar surface area (TPSA) is 79.5 Å². The molecule has 3 aromatic rings. The molecule has 4 rings (SSSR count). The number of phenols is 1. The quantitative estimate of drug-likeness (QED) is 0.746. The first-order valence-electron chi connectivity index (χ1n) is 8.84. The van der Waals surface area contributed by atoms with Gasteiger partial charge in [-0.25, -0.2) is 0 Å². The van der Waals surface area contributed by atoms with E-state index in [4.69, 9.17) is 5.73 Å². The molecule has 1 aromatic heterocycles. The number of pyridine rings is 1. The number of aromatic hydroxyl groups is 1. The molecule has 0 saturated carbocycles. The van der Waals surface area contributed by atoms with E-state index >= 15 is 0 Å². The van der Waals surface area contributed by atoms with Gasteiger partial charge < -0.3 is 15.7 Å². The number of hydrogen-bond acceptors (Lipinski definition) is 4. The van der Waals surface area contributed by atoms with Crippen molar-refractivity contribution in [3.05, 3.63) is 60.4 Å². The molecule has 1 saturated heterocycles. The number of fused-ring (bicyclic) bond motifs is 1. The average molecular weight is 347 g/mol. The van der Waals surface area contributed by atoms with E-state index < -0.39 is 0 Å². The summed E-state index contributed by atoms with van der Waals surface area (Å²) in [6, 6.07) is 13.0. The number of phenolic OH excluding ortho intramolecular Hbond substituents is 1. The summed E-state index contributed by atoms with van der Waals surface area (Å²) in [6.07, 6.45) is 5.29. The van der Waals surface area contributed by atoms with E-state index in [-0.39, 0.29) is 17.7 Å². The molecule has 0 unspecified atom stereocenters. The summed E-state index contributed by atoms with van der Waals surface area (Å²) in [7, 11) is 0. The molecule has 1 amide bonds. The third-order valence-electron chi connectivity index (χ3n) is 5.01. The zero-order chi connectivity index (χ0) is 18.1. The number of carbonyl (C=O) groups is 1. The second-order valence-electron chi connectivity index (χ2n) is 6.80. The summed E-state index contributed by atoms with van der Waals surface area (Å²) in [5.41, 5.74) is 8.52. The standard InChI is InChI=1S/C21H21N3O2/c22-17-7-9-24(10-8-17)21(26)15-1-2-16-12-23-13-20(19(16)11-15)14-3-5-18(25)6-4-14/h1-6,11-13,17,25H,7-10,22H2. The Balaban J connectivity index is 1.73. The fraction of sp³-hybridized carbons (Fsp3) is 0.238. The highest BCUT2D eigenvalue weighted by atomic mass is 16.3. The number of nitrogens with zero attached hydrogens (tertiary/aromatic N) is 2. The third-order valence-corrected chi connectivity index (χ3v) is 5.01. The molecular weight excluding hydrogens is 326 g/mol. The van der Waals surface area contributed by atoms with Crippen molar-refractivity contribution >= 4 is 16.7 Å². The van der Waals surface area contributed by atoms with E-state index in [1.54, 1.807) is 24.5 Å². The maximum Gasteiger partial charge on any atom is 0.253 e. The molecule has 132 valence electrons. The maximum absolute atomic E-state index is 12.9. The second-order valence-corrected chi connectivity index (χ2v) is 6.80. The van der Waals surface area contributed by atoms with Gasteiger partial charge in [-0.2, -0.15) is 0 Å². The van der Waals surface area contributed by atoms with Crippen molar-refractivity contribution in [2.75, 3.05) is 13.1 Å². The van der Waals surface area contributed by atoms with Crippen molar-refractivity contribution < 1.29 is 9.90 Å². The van der Waals surface area contributed by atoms with E-state index in [0.29, 0.717) is 18.7 Å². The third kappa shape index (κ3) is 3.13. The van der Waals surface area contributed by atoms with Gasteiger partial charge >= 0.3 is 0 Å². The molecule has 0 aliphatic carbocycles. The van der Waals surface area contributed by atoms with E-state index in [1.807, 2.05) is 35.2 Å². The Labute approximate surface area is 152 Å². The highest BCUT2D eigenvalue weighted by molar-refractivity contribution is 6.02. The molecule has 0 atom stereocenters. The van der Waals surface area contributed by atoms with Gasteiger partial charge in [-0.05, 0) is 48.1 Å². The highest BCUT2D eigenvalue weighted by Crippen LogP contribution is 2.30. The van der Waals surface area contributed by atoms with Crippen LogP contribution < -0.4 is 5.73 Å². The summed E-state index contributed by atoms with van der Waals surface area (Å²) >= 11 is 0. The van der Waals surface area contributed by atoms with E-state index in [0.717, 1.165) is 34.7 Å². The van der Waals surface area contributed by atoms with Gasteiger partial charge in [0.1, 0.15) is 5.75 Å². The Kier molecular flexibility index (Phi) is 4.31. The van der Waals surface area contributed by atoms with Crippen LogP contribution in [0.4, 0.5) is 0 Å². The lowest BCUT2D eigenvalue weighted by atomic mass is 9.98. The number of nitrogens with two attached hydrogens (primary N) is 1. The highest BCUT2D eigenvalue weighted by Gasteiger charge is 2.22. The normalized spacial score (nSPS) is 15.3. The predicted octanol–water partition coefficient (Wildman–Crippen LogP) is 3.17. The molecule has 1 aliphatic rings. The molecule has 2 heterocycles. The Morgan fingerprint density at radius 1 is 1.08 bits per heavy atom. The van der Waals surface area contributed by atoms with Crippen molar-refractivity contribution in [3.8, 4) is 16.9 Å². The fourth-order valence-corrected chi connectivity index (χ4v) is 3.45. The molecule has 0 spiro atoms. The minimum Gasteiger partial charge on any atom is -0.508 e. The molecule has 5 heteroatoms. The minimum atomic E-state index is 0.0484. The van der Waals surface area contributed by atoms with Crippen molar-refractivity contribution in [1.29, 1.82) is 0 Å². The van der Waals surface area contributed by atoms with Crippen LogP contribution in [-0.2, 0) is 0 Å². The number of aromatic nitrogens is 1. The molecule has 3 N–H and O–H groups in total. The van der Waals surface area contributed by atoms with Gasteiger partial charge in [0.15, 0.2) is 0 Å². The molecule has 1 aliphatic heterocycles. The average Bonchev–Trinajstić information content (AvgIpc) is 2.68. The van der Waals surface area contributed by atoms with Crippen LogP contribution in [0.2, 0.25) is 0 Å². The summed E-state index contributed by atoms with van der Waals surface area (Å²) in [4.78, 5) is 19.1. The van der Waals surface area contributed by atoms with Gasteiger partial charge in [-0.1, -0.05) is 18.2 Å². The van der Waals surface area contributed by atoms with Crippen LogP contribution in [0.3, 0.4) is 0 Å². The summed E-state index contributed by atoms with van der Waals surface area (Å²) in [6.45, 7) is 1.42.